The number of nitrogens with zero attached hydrogens (tertiary/aromatic N) is 2. The molecule has 0 aliphatic carbocycles. The Bertz CT molecular complexity index is 1060. The molecule has 1 N–H and O–H groups in total. The number of nitrogens with one attached hydrogen (secondary N) is 1. The molecule has 0 bridgehead atoms. The number of aromatic nitrogens is 2. The van der Waals surface area contributed by atoms with Crippen LogP contribution in [0.4, 0.5) is 32.4 Å². The number of amides is 1. The minimum Gasteiger partial charge on any atom is -0.406 e. The van der Waals surface area contributed by atoms with Crippen LogP contribution in [0.25, 0.3) is 11.1 Å². The SMILES string of the molecule is Cn1cc(OC(=O)Nc2ccccc2-c2ccc(C(F)(F)F)cc2)c(C(F)(F)Cl)n1. The van der Waals surface area contributed by atoms with Crippen molar-refractivity contribution in [3.05, 3.63) is 66.0 Å². The van der Waals surface area contributed by atoms with Gasteiger partial charge in [0, 0.05) is 12.6 Å². The lowest BCUT2D eigenvalue weighted by molar-refractivity contribution is -0.137. The van der Waals surface area contributed by atoms with E-state index >= 15 is 0 Å². The number of ether oxygens (including phenoxy) is 1. The Labute approximate surface area is 172 Å². The van der Waals surface area contributed by atoms with Gasteiger partial charge in [0.2, 0.25) is 0 Å². The Balaban J connectivity index is 1.83. The highest BCUT2D eigenvalue weighted by atomic mass is 35.5. The first-order chi connectivity index (χ1) is 13.9. The van der Waals surface area contributed by atoms with E-state index in [2.05, 4.69) is 10.4 Å². The van der Waals surface area contributed by atoms with Crippen molar-refractivity contribution >= 4 is 23.4 Å². The summed E-state index contributed by atoms with van der Waals surface area (Å²) in [6, 6.07) is 10.6. The molecule has 0 unspecified atom stereocenters. The van der Waals surface area contributed by atoms with Crippen LogP contribution in [0.2, 0.25) is 0 Å². The topological polar surface area (TPSA) is 56.1 Å². The summed E-state index contributed by atoms with van der Waals surface area (Å²) in [7, 11) is 1.34. The number of carbonyl (C=O) groups excluding carboxylic acids is 1. The summed E-state index contributed by atoms with van der Waals surface area (Å²) in [4.78, 5) is 12.2. The van der Waals surface area contributed by atoms with E-state index in [0.717, 1.165) is 23.0 Å². The molecular formula is C19H13ClF5N3O2. The minimum atomic E-state index is -4.48. The molecule has 0 radical (unpaired) electrons. The highest BCUT2D eigenvalue weighted by molar-refractivity contribution is 6.21. The summed E-state index contributed by atoms with van der Waals surface area (Å²) in [5, 5.41) is 2.00. The molecular weight excluding hydrogens is 433 g/mol. The van der Waals surface area contributed by atoms with E-state index in [1.165, 1.54) is 25.2 Å². The Morgan fingerprint density at radius 1 is 1.07 bits per heavy atom. The molecule has 5 nitrogen and oxygen atoms in total. The number of anilines is 1. The zero-order valence-electron chi connectivity index (χ0n) is 15.2. The van der Waals surface area contributed by atoms with Crippen LogP contribution in [0.1, 0.15) is 11.3 Å². The number of benzene rings is 2. The van der Waals surface area contributed by atoms with Gasteiger partial charge in [-0.25, -0.2) is 4.79 Å². The summed E-state index contributed by atoms with van der Waals surface area (Å²) in [6.07, 6.45) is -4.54. The van der Waals surface area contributed by atoms with Gasteiger partial charge in [0.15, 0.2) is 11.4 Å². The molecule has 0 saturated heterocycles. The third-order valence-corrected chi connectivity index (χ3v) is 4.13. The number of rotatable bonds is 4. The Morgan fingerprint density at radius 3 is 2.30 bits per heavy atom. The average Bonchev–Trinajstić information content (AvgIpc) is 3.02. The van der Waals surface area contributed by atoms with Gasteiger partial charge in [-0.05, 0) is 35.4 Å². The molecule has 1 aromatic heterocycles. The van der Waals surface area contributed by atoms with E-state index in [1.54, 1.807) is 18.2 Å². The first-order valence-corrected chi connectivity index (χ1v) is 8.69. The predicted molar refractivity (Wildman–Crippen MR) is 99.5 cm³/mol. The molecule has 0 saturated carbocycles. The van der Waals surface area contributed by atoms with E-state index in [0.29, 0.717) is 11.1 Å². The van der Waals surface area contributed by atoms with Gasteiger partial charge >= 0.3 is 17.7 Å². The summed E-state index contributed by atoms with van der Waals surface area (Å²) < 4.78 is 71.0. The quantitative estimate of drug-likeness (QED) is 0.395. The van der Waals surface area contributed by atoms with E-state index in [9.17, 15) is 26.7 Å². The second kappa shape index (κ2) is 7.94. The number of hydrogen-bond acceptors (Lipinski definition) is 3. The van der Waals surface area contributed by atoms with Crippen LogP contribution < -0.4 is 10.1 Å². The summed E-state index contributed by atoms with van der Waals surface area (Å²) in [5.74, 6) is -0.540. The van der Waals surface area contributed by atoms with Gasteiger partial charge in [-0.3, -0.25) is 10.00 Å². The monoisotopic (exact) mass is 445 g/mol. The van der Waals surface area contributed by atoms with Crippen molar-refractivity contribution in [1.29, 1.82) is 0 Å². The van der Waals surface area contributed by atoms with Crippen molar-refractivity contribution in [3.63, 3.8) is 0 Å². The van der Waals surface area contributed by atoms with Gasteiger partial charge in [0.25, 0.3) is 0 Å². The number of hydrogen-bond donors (Lipinski definition) is 1. The van der Waals surface area contributed by atoms with Crippen LogP contribution in [0.3, 0.4) is 0 Å². The maximum atomic E-state index is 13.4. The first-order valence-electron chi connectivity index (χ1n) is 8.31. The maximum Gasteiger partial charge on any atom is 0.417 e. The molecule has 0 atom stereocenters. The van der Waals surface area contributed by atoms with E-state index in [1.807, 2.05) is 0 Å². The number of halogens is 6. The molecule has 0 aliphatic heterocycles. The fourth-order valence-electron chi connectivity index (χ4n) is 2.66. The van der Waals surface area contributed by atoms with Crippen LogP contribution in [0.5, 0.6) is 5.75 Å². The smallest absolute Gasteiger partial charge is 0.406 e. The van der Waals surface area contributed by atoms with Crippen molar-refractivity contribution < 1.29 is 31.5 Å². The largest absolute Gasteiger partial charge is 0.417 e. The zero-order valence-corrected chi connectivity index (χ0v) is 15.9. The molecule has 1 heterocycles. The molecule has 3 rings (SSSR count). The zero-order chi connectivity index (χ0) is 22.1. The third kappa shape index (κ3) is 4.88. The van der Waals surface area contributed by atoms with Gasteiger partial charge in [0.1, 0.15) is 0 Å². The Kier molecular flexibility index (Phi) is 5.71. The molecule has 3 aromatic rings. The molecule has 0 fully saturated rings. The summed E-state index contributed by atoms with van der Waals surface area (Å²) >= 11 is 4.97. The number of para-hydroxylation sites is 1. The lowest BCUT2D eigenvalue weighted by Gasteiger charge is -2.13. The predicted octanol–water partition coefficient (Wildman–Crippen LogP) is 6.00. The second-order valence-electron chi connectivity index (χ2n) is 6.15. The maximum absolute atomic E-state index is 13.4. The second-order valence-corrected chi connectivity index (χ2v) is 6.62. The number of aryl methyl sites for hydroxylation is 1. The van der Waals surface area contributed by atoms with Crippen LogP contribution >= 0.6 is 11.6 Å². The van der Waals surface area contributed by atoms with Crippen LogP contribution in [0, 0.1) is 0 Å². The Hall–Kier alpha value is -3.14. The van der Waals surface area contributed by atoms with E-state index in [4.69, 9.17) is 16.3 Å². The lowest BCUT2D eigenvalue weighted by atomic mass is 10.0. The molecule has 158 valence electrons. The van der Waals surface area contributed by atoms with Gasteiger partial charge in [0.05, 0.1) is 17.4 Å². The molecule has 11 heteroatoms. The normalized spacial score (nSPS) is 12.0. The molecule has 2 aromatic carbocycles. The van der Waals surface area contributed by atoms with Crippen molar-refractivity contribution in [2.24, 2.45) is 7.05 Å². The fraction of sp³-hybridized carbons (Fsp3) is 0.158. The molecule has 0 aliphatic rings. The Morgan fingerprint density at radius 2 is 1.70 bits per heavy atom. The minimum absolute atomic E-state index is 0.199. The first kappa shape index (κ1) is 21.6. The highest BCUT2D eigenvalue weighted by Gasteiger charge is 2.36. The van der Waals surface area contributed by atoms with Gasteiger partial charge < -0.3 is 4.74 Å². The average molecular weight is 446 g/mol. The van der Waals surface area contributed by atoms with Crippen LogP contribution in [-0.4, -0.2) is 15.9 Å². The fourth-order valence-corrected chi connectivity index (χ4v) is 2.79. The van der Waals surface area contributed by atoms with Gasteiger partial charge in [-0.15, -0.1) is 0 Å². The lowest BCUT2D eigenvalue weighted by Crippen LogP contribution is -2.19. The molecule has 0 spiro atoms. The van der Waals surface area contributed by atoms with E-state index < -0.39 is 34.7 Å². The van der Waals surface area contributed by atoms with E-state index in [-0.39, 0.29) is 5.69 Å². The van der Waals surface area contributed by atoms with Crippen molar-refractivity contribution in [3.8, 4) is 16.9 Å². The van der Waals surface area contributed by atoms with Gasteiger partial charge in [-0.2, -0.15) is 27.1 Å². The van der Waals surface area contributed by atoms with Gasteiger partial charge in [-0.1, -0.05) is 30.3 Å². The standard InChI is InChI=1S/C19H13ClF5N3O2/c1-28-10-15(16(27-28)18(20,21)22)30-17(29)26-14-5-3-2-4-13(14)11-6-8-12(9-7-11)19(23,24)25/h2-10H,1H3,(H,26,29). The third-order valence-electron chi connectivity index (χ3n) is 3.95. The van der Waals surface area contributed by atoms with Crippen molar-refractivity contribution in [1.82, 2.24) is 9.78 Å². The number of alkyl halides is 6. The number of carbonyl (C=O) groups is 1. The highest BCUT2D eigenvalue weighted by Crippen LogP contribution is 2.37. The summed E-state index contributed by atoms with van der Waals surface area (Å²) in [6.45, 7) is 0. The molecule has 1 amide bonds. The summed E-state index contributed by atoms with van der Waals surface area (Å²) in [5.41, 5.74) is -0.754. The molecule has 30 heavy (non-hydrogen) atoms. The van der Waals surface area contributed by atoms with Crippen LogP contribution in [0.15, 0.2) is 54.7 Å². The van der Waals surface area contributed by atoms with Crippen molar-refractivity contribution in [2.45, 2.75) is 11.6 Å². The van der Waals surface area contributed by atoms with Crippen LogP contribution in [-0.2, 0) is 18.6 Å². The van der Waals surface area contributed by atoms with Crippen molar-refractivity contribution in [2.75, 3.05) is 5.32 Å².